The van der Waals surface area contributed by atoms with Gasteiger partial charge in [0.05, 0.1) is 12.0 Å². The fraction of sp³-hybridized carbons (Fsp3) is 0.188. The van der Waals surface area contributed by atoms with Gasteiger partial charge in [-0.1, -0.05) is 0 Å². The molecule has 0 fully saturated rings. The molecule has 1 unspecified atom stereocenters. The topological polar surface area (TPSA) is 99.9 Å². The van der Waals surface area contributed by atoms with Crippen molar-refractivity contribution in [3.05, 3.63) is 64.2 Å². The Kier molecular flexibility index (Phi) is 5.69. The smallest absolute Gasteiger partial charge is 0.274 e. The van der Waals surface area contributed by atoms with E-state index in [-0.39, 0.29) is 5.69 Å². The number of rotatable bonds is 7. The molecule has 126 valence electrons. The maximum Gasteiger partial charge on any atom is 0.274 e. The van der Waals surface area contributed by atoms with E-state index in [9.17, 15) is 14.9 Å². The zero-order valence-corrected chi connectivity index (χ0v) is 13.1. The average Bonchev–Trinajstić information content (AvgIpc) is 2.60. The van der Waals surface area contributed by atoms with E-state index >= 15 is 0 Å². The number of ether oxygens (including phenoxy) is 2. The summed E-state index contributed by atoms with van der Waals surface area (Å²) in [6.45, 7) is 1.58. The molecule has 2 aromatic rings. The summed E-state index contributed by atoms with van der Waals surface area (Å²) in [5.41, 5.74) is 2.64. The minimum atomic E-state index is -0.784. The molecular weight excluding hydrogens is 316 g/mol. The van der Waals surface area contributed by atoms with Crippen LogP contribution in [0.5, 0.6) is 11.5 Å². The van der Waals surface area contributed by atoms with Crippen LogP contribution in [0.2, 0.25) is 0 Å². The second kappa shape index (κ2) is 7.93. The van der Waals surface area contributed by atoms with Gasteiger partial charge >= 0.3 is 0 Å². The fourth-order valence-electron chi connectivity index (χ4n) is 1.80. The van der Waals surface area contributed by atoms with Crippen LogP contribution in [0.15, 0.2) is 48.5 Å². The summed E-state index contributed by atoms with van der Waals surface area (Å²) in [4.78, 5) is 27.1. The summed E-state index contributed by atoms with van der Waals surface area (Å²) >= 11 is 0. The number of hydrogen-bond donors (Lipinski definition) is 1. The van der Waals surface area contributed by atoms with Crippen molar-refractivity contribution in [2.45, 2.75) is 13.2 Å². The monoisotopic (exact) mass is 332 g/mol. The predicted octanol–water partition coefficient (Wildman–Crippen LogP) is 2.69. The Morgan fingerprint density at radius 2 is 1.67 bits per heavy atom. The molecule has 0 aliphatic rings. The van der Waals surface area contributed by atoms with E-state index in [2.05, 4.69) is 5.48 Å². The standard InChI is InChI=1S/C16H16N2O6/c1-11(23-15-9-5-13(6-10-15)18(20)21)24-17-16(19)12-3-7-14(22-2)8-4-12/h3-11H,1-2H3,(H,17,19). The highest BCUT2D eigenvalue weighted by Crippen LogP contribution is 2.18. The maximum absolute atomic E-state index is 11.9. The van der Waals surface area contributed by atoms with Gasteiger partial charge in [0.1, 0.15) is 11.5 Å². The quantitative estimate of drug-likeness (QED) is 0.475. The van der Waals surface area contributed by atoms with Crippen molar-refractivity contribution in [1.82, 2.24) is 5.48 Å². The highest BCUT2D eigenvalue weighted by atomic mass is 16.8. The lowest BCUT2D eigenvalue weighted by molar-refractivity contribution is -0.384. The molecule has 0 aliphatic heterocycles. The van der Waals surface area contributed by atoms with Gasteiger partial charge in [-0.05, 0) is 36.4 Å². The van der Waals surface area contributed by atoms with Crippen molar-refractivity contribution in [3.8, 4) is 11.5 Å². The first-order valence-electron chi connectivity index (χ1n) is 7.00. The molecular formula is C16H16N2O6. The molecule has 0 heterocycles. The Bertz CT molecular complexity index is 700. The summed E-state index contributed by atoms with van der Waals surface area (Å²) < 4.78 is 10.4. The van der Waals surface area contributed by atoms with Crippen molar-refractivity contribution in [2.24, 2.45) is 0 Å². The van der Waals surface area contributed by atoms with E-state index in [0.717, 1.165) is 0 Å². The number of carbonyl (C=O) groups is 1. The molecule has 8 nitrogen and oxygen atoms in total. The lowest BCUT2D eigenvalue weighted by Crippen LogP contribution is -2.31. The van der Waals surface area contributed by atoms with Gasteiger partial charge in [0, 0.05) is 24.6 Å². The van der Waals surface area contributed by atoms with E-state index in [0.29, 0.717) is 17.1 Å². The Morgan fingerprint density at radius 3 is 2.21 bits per heavy atom. The average molecular weight is 332 g/mol. The first kappa shape index (κ1) is 17.2. The molecule has 0 spiro atoms. The second-order valence-electron chi connectivity index (χ2n) is 4.71. The highest BCUT2D eigenvalue weighted by Gasteiger charge is 2.11. The molecule has 2 aromatic carbocycles. The molecule has 24 heavy (non-hydrogen) atoms. The molecule has 0 saturated carbocycles. The zero-order chi connectivity index (χ0) is 17.5. The van der Waals surface area contributed by atoms with E-state index in [1.165, 1.54) is 31.4 Å². The number of methoxy groups -OCH3 is 1. The van der Waals surface area contributed by atoms with Crippen LogP contribution in [0.4, 0.5) is 5.69 Å². The summed E-state index contributed by atoms with van der Waals surface area (Å²) in [5.74, 6) is 0.589. The minimum absolute atomic E-state index is 0.0382. The SMILES string of the molecule is COc1ccc(C(=O)NOC(C)Oc2ccc([N+](=O)[O-])cc2)cc1. The Balaban J connectivity index is 1.84. The third-order valence-electron chi connectivity index (χ3n) is 3.02. The maximum atomic E-state index is 11.9. The van der Waals surface area contributed by atoms with Gasteiger partial charge in [0.15, 0.2) is 0 Å². The largest absolute Gasteiger partial charge is 0.497 e. The van der Waals surface area contributed by atoms with Gasteiger partial charge in [0.2, 0.25) is 6.29 Å². The number of amides is 1. The number of nitro groups is 1. The van der Waals surface area contributed by atoms with Crippen LogP contribution in [-0.2, 0) is 4.84 Å². The van der Waals surface area contributed by atoms with Crippen molar-refractivity contribution in [3.63, 3.8) is 0 Å². The number of nitrogens with zero attached hydrogens (tertiary/aromatic N) is 1. The van der Waals surface area contributed by atoms with Crippen LogP contribution in [0.25, 0.3) is 0 Å². The summed E-state index contributed by atoms with van der Waals surface area (Å²) in [5, 5.41) is 10.6. The molecule has 8 heteroatoms. The Morgan fingerprint density at radius 1 is 1.08 bits per heavy atom. The predicted molar refractivity (Wildman–Crippen MR) is 84.7 cm³/mol. The van der Waals surface area contributed by atoms with E-state index < -0.39 is 17.1 Å². The summed E-state index contributed by atoms with van der Waals surface area (Å²) in [7, 11) is 1.54. The van der Waals surface area contributed by atoms with E-state index in [1.807, 2.05) is 0 Å². The van der Waals surface area contributed by atoms with Gasteiger partial charge in [0.25, 0.3) is 11.6 Å². The highest BCUT2D eigenvalue weighted by molar-refractivity contribution is 5.93. The van der Waals surface area contributed by atoms with Crippen molar-refractivity contribution < 1.29 is 24.0 Å². The van der Waals surface area contributed by atoms with Crippen LogP contribution < -0.4 is 15.0 Å². The lowest BCUT2D eigenvalue weighted by atomic mass is 10.2. The molecule has 0 radical (unpaired) electrons. The van der Waals surface area contributed by atoms with Crippen molar-refractivity contribution >= 4 is 11.6 Å². The molecule has 1 atom stereocenters. The van der Waals surface area contributed by atoms with Gasteiger partial charge in [-0.15, -0.1) is 0 Å². The second-order valence-corrected chi connectivity index (χ2v) is 4.71. The molecule has 1 amide bonds. The number of nitro benzene ring substituents is 1. The number of hydroxylamine groups is 1. The molecule has 0 aromatic heterocycles. The number of benzene rings is 2. The molecule has 0 bridgehead atoms. The van der Waals surface area contributed by atoms with Crippen LogP contribution in [0, 0.1) is 10.1 Å². The van der Waals surface area contributed by atoms with Gasteiger partial charge in [-0.2, -0.15) is 0 Å². The Labute approximate surface area is 138 Å². The molecule has 0 saturated heterocycles. The summed E-state index contributed by atoms with van der Waals surface area (Å²) in [6.07, 6.45) is -0.784. The zero-order valence-electron chi connectivity index (χ0n) is 13.1. The van der Waals surface area contributed by atoms with Gasteiger partial charge < -0.3 is 9.47 Å². The number of nitrogens with one attached hydrogen (secondary N) is 1. The van der Waals surface area contributed by atoms with Gasteiger partial charge in [-0.25, -0.2) is 10.3 Å². The molecule has 1 N–H and O–H groups in total. The summed E-state index contributed by atoms with van der Waals surface area (Å²) in [6, 6.07) is 12.0. The fourth-order valence-corrected chi connectivity index (χ4v) is 1.80. The van der Waals surface area contributed by atoms with Gasteiger partial charge in [-0.3, -0.25) is 14.9 Å². The normalized spacial score (nSPS) is 11.4. The van der Waals surface area contributed by atoms with E-state index in [1.54, 1.807) is 31.2 Å². The molecule has 0 aliphatic carbocycles. The van der Waals surface area contributed by atoms with Crippen LogP contribution >= 0.6 is 0 Å². The van der Waals surface area contributed by atoms with Crippen molar-refractivity contribution in [1.29, 1.82) is 0 Å². The van der Waals surface area contributed by atoms with Crippen LogP contribution in [-0.4, -0.2) is 24.2 Å². The number of hydrogen-bond acceptors (Lipinski definition) is 6. The third-order valence-corrected chi connectivity index (χ3v) is 3.02. The van der Waals surface area contributed by atoms with Crippen molar-refractivity contribution in [2.75, 3.05) is 7.11 Å². The first-order chi connectivity index (χ1) is 11.5. The molecule has 2 rings (SSSR count). The number of non-ortho nitro benzene ring substituents is 1. The van der Waals surface area contributed by atoms with E-state index in [4.69, 9.17) is 14.3 Å². The third kappa shape index (κ3) is 4.68. The van der Waals surface area contributed by atoms with Crippen LogP contribution in [0.1, 0.15) is 17.3 Å². The minimum Gasteiger partial charge on any atom is -0.497 e. The number of carbonyl (C=O) groups excluding carboxylic acids is 1. The lowest BCUT2D eigenvalue weighted by Gasteiger charge is -2.15. The van der Waals surface area contributed by atoms with Crippen LogP contribution in [0.3, 0.4) is 0 Å². The first-order valence-corrected chi connectivity index (χ1v) is 7.00. The Hall–Kier alpha value is -3.13.